The van der Waals surface area contributed by atoms with Crippen LogP contribution < -0.4 is 0 Å². The molecule has 2 nitrogen and oxygen atoms in total. The second-order valence-electron chi connectivity index (χ2n) is 9.34. The van der Waals surface area contributed by atoms with Crippen LogP contribution in [0.3, 0.4) is 0 Å². The standard InChI is InChI=1S/C29H39O2/c1-23(18-19-27-25(3)14-11-20-29(27,4)5)12-10-13-24(2)22-28(30)31-21-9-8-17-26-15-6-7-16-26/h6-7,10,12-13,15-16,18-19,22H,8-9,11,14,17,20-21H2,1-5H3/b13-10+,19-18+,23-12+,24-22+. The van der Waals surface area contributed by atoms with E-state index in [1.165, 1.54) is 41.9 Å². The second-order valence-corrected chi connectivity index (χ2v) is 9.34. The van der Waals surface area contributed by atoms with Gasteiger partial charge >= 0.3 is 5.97 Å². The Morgan fingerprint density at radius 1 is 1.10 bits per heavy atom. The van der Waals surface area contributed by atoms with E-state index >= 15 is 0 Å². The summed E-state index contributed by atoms with van der Waals surface area (Å²) in [6, 6.07) is 0. The van der Waals surface area contributed by atoms with Gasteiger partial charge in [-0.25, -0.2) is 4.79 Å². The first-order valence-electron chi connectivity index (χ1n) is 11.6. The Hall–Kier alpha value is -1.83. The van der Waals surface area contributed by atoms with Crippen molar-refractivity contribution in [2.24, 2.45) is 5.41 Å². The monoisotopic (exact) mass is 419 g/mol. The first-order chi connectivity index (χ1) is 14.8. The SMILES string of the molecule is CC1=C(/C=C/C(C)=C/C=C/C(C)=C/C(=O)OCCCC[C]2[CH][CH][CH][CH]2)C(C)(C)CCC1. The number of unbranched alkanes of at least 4 members (excludes halogenated alkanes) is 1. The Labute approximate surface area is 191 Å². The van der Waals surface area contributed by atoms with E-state index in [2.05, 4.69) is 71.6 Å². The van der Waals surface area contributed by atoms with Crippen molar-refractivity contribution in [3.8, 4) is 0 Å². The zero-order valence-electron chi connectivity index (χ0n) is 20.0. The number of ether oxygens (including phenoxy) is 1. The minimum Gasteiger partial charge on any atom is -0.463 e. The van der Waals surface area contributed by atoms with E-state index in [1.807, 2.05) is 19.1 Å². The van der Waals surface area contributed by atoms with Gasteiger partial charge in [-0.1, -0.05) is 55.4 Å². The maximum absolute atomic E-state index is 11.9. The van der Waals surface area contributed by atoms with Crippen molar-refractivity contribution >= 4 is 5.97 Å². The van der Waals surface area contributed by atoms with E-state index in [0.717, 1.165) is 24.8 Å². The van der Waals surface area contributed by atoms with Gasteiger partial charge in [-0.05, 0) is 107 Å². The van der Waals surface area contributed by atoms with Gasteiger partial charge in [0.2, 0.25) is 0 Å². The predicted octanol–water partition coefficient (Wildman–Crippen LogP) is 7.64. The molecule has 0 aromatic rings. The number of rotatable bonds is 10. The lowest BCUT2D eigenvalue weighted by atomic mass is 9.72. The van der Waals surface area contributed by atoms with E-state index in [1.54, 1.807) is 6.08 Å². The van der Waals surface area contributed by atoms with Gasteiger partial charge in [-0.2, -0.15) is 0 Å². The maximum atomic E-state index is 11.9. The van der Waals surface area contributed by atoms with Gasteiger partial charge in [0.15, 0.2) is 0 Å². The number of hydrogen-bond acceptors (Lipinski definition) is 2. The van der Waals surface area contributed by atoms with Gasteiger partial charge in [0.1, 0.15) is 0 Å². The molecule has 0 atom stereocenters. The summed E-state index contributed by atoms with van der Waals surface area (Å²) in [5.41, 5.74) is 5.33. The Morgan fingerprint density at radius 2 is 1.84 bits per heavy atom. The summed E-state index contributed by atoms with van der Waals surface area (Å²) in [5.74, 6) is 1.08. The minimum atomic E-state index is -0.266. The molecule has 31 heavy (non-hydrogen) atoms. The van der Waals surface area contributed by atoms with Crippen LogP contribution >= 0.6 is 0 Å². The summed E-state index contributed by atoms with van der Waals surface area (Å²) in [4.78, 5) is 11.9. The third kappa shape index (κ3) is 9.46. The number of carbonyl (C=O) groups excluding carboxylic acids is 1. The van der Waals surface area contributed by atoms with Crippen LogP contribution in [0, 0.1) is 37.0 Å². The lowest BCUT2D eigenvalue weighted by Crippen LogP contribution is -2.19. The summed E-state index contributed by atoms with van der Waals surface area (Å²) in [5, 5.41) is 0. The highest BCUT2D eigenvalue weighted by molar-refractivity contribution is 5.83. The fourth-order valence-electron chi connectivity index (χ4n) is 4.09. The maximum Gasteiger partial charge on any atom is 0.331 e. The van der Waals surface area contributed by atoms with Crippen molar-refractivity contribution in [3.63, 3.8) is 0 Å². The molecule has 0 bridgehead atoms. The zero-order chi connectivity index (χ0) is 22.7. The Balaban J connectivity index is 1.73. The van der Waals surface area contributed by atoms with Gasteiger partial charge in [-0.15, -0.1) is 0 Å². The largest absolute Gasteiger partial charge is 0.463 e. The molecule has 1 saturated carbocycles. The summed E-state index contributed by atoms with van der Waals surface area (Å²) in [6.07, 6.45) is 27.1. The zero-order valence-corrected chi connectivity index (χ0v) is 20.0. The second kappa shape index (κ2) is 12.9. The quantitative estimate of drug-likeness (QED) is 0.157. The number of carbonyl (C=O) groups is 1. The number of esters is 1. The molecular formula is C29H39O2. The molecule has 0 aromatic carbocycles. The van der Waals surface area contributed by atoms with E-state index in [-0.39, 0.29) is 11.4 Å². The molecule has 5 radical (unpaired) electrons. The van der Waals surface area contributed by atoms with Crippen molar-refractivity contribution in [2.45, 2.75) is 73.1 Å². The third-order valence-corrected chi connectivity index (χ3v) is 5.95. The normalized spacial score (nSPS) is 20.9. The summed E-state index contributed by atoms with van der Waals surface area (Å²) in [7, 11) is 0. The number of hydrogen-bond donors (Lipinski definition) is 0. The predicted molar refractivity (Wildman–Crippen MR) is 131 cm³/mol. The molecule has 2 aliphatic carbocycles. The first kappa shape index (κ1) is 25.4. The lowest BCUT2D eigenvalue weighted by Gasteiger charge is -2.32. The van der Waals surface area contributed by atoms with Crippen LogP contribution in [-0.4, -0.2) is 12.6 Å². The Morgan fingerprint density at radius 3 is 2.55 bits per heavy atom. The van der Waals surface area contributed by atoms with Crippen LogP contribution in [-0.2, 0) is 9.53 Å². The van der Waals surface area contributed by atoms with Crippen LogP contribution in [0.1, 0.15) is 73.1 Å². The molecule has 2 aliphatic rings. The van der Waals surface area contributed by atoms with Gasteiger partial charge in [-0.3, -0.25) is 0 Å². The highest BCUT2D eigenvalue weighted by Gasteiger charge is 2.26. The minimum absolute atomic E-state index is 0.262. The molecule has 0 spiro atoms. The number of allylic oxidation sites excluding steroid dienone is 9. The lowest BCUT2D eigenvalue weighted by molar-refractivity contribution is -0.137. The van der Waals surface area contributed by atoms with Crippen molar-refractivity contribution in [2.75, 3.05) is 6.61 Å². The van der Waals surface area contributed by atoms with Gasteiger partial charge in [0.25, 0.3) is 0 Å². The molecule has 0 aliphatic heterocycles. The van der Waals surface area contributed by atoms with E-state index in [9.17, 15) is 4.79 Å². The molecule has 167 valence electrons. The van der Waals surface area contributed by atoms with Gasteiger partial charge < -0.3 is 4.74 Å². The highest BCUT2D eigenvalue weighted by Crippen LogP contribution is 2.40. The van der Waals surface area contributed by atoms with Crippen LogP contribution in [0.25, 0.3) is 0 Å². The summed E-state index contributed by atoms with van der Waals surface area (Å²) < 4.78 is 5.31. The molecule has 0 unspecified atom stereocenters. The Bertz CT molecular complexity index is 737. The molecule has 0 aromatic heterocycles. The average molecular weight is 420 g/mol. The smallest absolute Gasteiger partial charge is 0.331 e. The summed E-state index contributed by atoms with van der Waals surface area (Å²) in [6.45, 7) is 11.4. The van der Waals surface area contributed by atoms with Crippen molar-refractivity contribution in [1.82, 2.24) is 0 Å². The van der Waals surface area contributed by atoms with Crippen molar-refractivity contribution in [1.29, 1.82) is 0 Å². The fraction of sp³-hybridized carbons (Fsp3) is 0.448. The van der Waals surface area contributed by atoms with E-state index < -0.39 is 0 Å². The molecule has 0 amide bonds. The van der Waals surface area contributed by atoms with Crippen LogP contribution in [0.15, 0.2) is 58.7 Å². The van der Waals surface area contributed by atoms with E-state index in [4.69, 9.17) is 4.74 Å². The molecule has 0 heterocycles. The van der Waals surface area contributed by atoms with Crippen LogP contribution in [0.4, 0.5) is 0 Å². The van der Waals surface area contributed by atoms with Crippen molar-refractivity contribution < 1.29 is 9.53 Å². The van der Waals surface area contributed by atoms with Gasteiger partial charge in [0, 0.05) is 6.08 Å². The molecular weight excluding hydrogens is 380 g/mol. The average Bonchev–Trinajstić information content (AvgIpc) is 3.20. The Kier molecular flexibility index (Phi) is 10.6. The topological polar surface area (TPSA) is 26.3 Å². The molecule has 0 N–H and O–H groups in total. The molecule has 2 rings (SSSR count). The van der Waals surface area contributed by atoms with Gasteiger partial charge in [0.05, 0.1) is 6.61 Å². The third-order valence-electron chi connectivity index (χ3n) is 5.95. The van der Waals surface area contributed by atoms with Crippen LogP contribution in [0.2, 0.25) is 0 Å². The summed E-state index contributed by atoms with van der Waals surface area (Å²) >= 11 is 0. The molecule has 1 fully saturated rings. The first-order valence-corrected chi connectivity index (χ1v) is 11.6. The van der Waals surface area contributed by atoms with Crippen LogP contribution in [0.5, 0.6) is 0 Å². The molecule has 0 saturated heterocycles. The van der Waals surface area contributed by atoms with E-state index in [0.29, 0.717) is 6.61 Å². The van der Waals surface area contributed by atoms with Crippen molar-refractivity contribution in [3.05, 3.63) is 90.3 Å². The fourth-order valence-corrected chi connectivity index (χ4v) is 4.09. The molecule has 2 heteroatoms. The highest BCUT2D eigenvalue weighted by atomic mass is 16.5.